The minimum Gasteiger partial charge on any atom is -0.489 e. The summed E-state index contributed by atoms with van der Waals surface area (Å²) < 4.78 is 33.6. The molecule has 3 aromatic rings. The van der Waals surface area contributed by atoms with Crippen LogP contribution in [0.1, 0.15) is 51.0 Å². The van der Waals surface area contributed by atoms with E-state index in [0.29, 0.717) is 17.7 Å². The van der Waals surface area contributed by atoms with Crippen molar-refractivity contribution >= 4 is 29.1 Å². The summed E-state index contributed by atoms with van der Waals surface area (Å²) in [5, 5.41) is 9.18. The third-order valence-corrected chi connectivity index (χ3v) is 5.49. The van der Waals surface area contributed by atoms with E-state index in [4.69, 9.17) is 16.3 Å². The van der Waals surface area contributed by atoms with Gasteiger partial charge < -0.3 is 15.4 Å². The van der Waals surface area contributed by atoms with Crippen molar-refractivity contribution in [3.63, 3.8) is 0 Å². The van der Waals surface area contributed by atoms with Gasteiger partial charge in [0.05, 0.1) is 10.7 Å². The van der Waals surface area contributed by atoms with Crippen molar-refractivity contribution in [1.82, 2.24) is 20.1 Å². The summed E-state index contributed by atoms with van der Waals surface area (Å²) in [6.07, 6.45) is -1.02. The van der Waals surface area contributed by atoms with Gasteiger partial charge in [-0.25, -0.2) is 18.4 Å². The van der Waals surface area contributed by atoms with Gasteiger partial charge in [-0.15, -0.1) is 0 Å². The Morgan fingerprint density at radius 2 is 2.06 bits per heavy atom. The first-order valence-corrected chi connectivity index (χ1v) is 10.4. The zero-order chi connectivity index (χ0) is 23.9. The predicted molar refractivity (Wildman–Crippen MR) is 118 cm³/mol. The fourth-order valence-corrected chi connectivity index (χ4v) is 3.95. The topological polar surface area (TPSA) is 98.1 Å². The smallest absolute Gasteiger partial charge is 0.282 e. The molecule has 0 fully saturated rings. The molecule has 2 N–H and O–H groups in total. The lowest BCUT2D eigenvalue weighted by Gasteiger charge is -2.17. The molecule has 3 heterocycles. The second-order valence-corrected chi connectivity index (χ2v) is 7.98. The molecule has 0 saturated heterocycles. The van der Waals surface area contributed by atoms with Crippen LogP contribution in [0.5, 0.6) is 5.75 Å². The Labute approximate surface area is 192 Å². The molecule has 2 aromatic heterocycles. The standard InChI is InChI=1S/C22H20ClF2N5O3/c1-10-7-12-8-11(2)33-18(12)16(22(32)26-3)17(10)28-21(31)15-9-14(19(24)25)29-30(15)20-13(23)5-4-6-27-20/h4-7,9,11,19H,8H2,1-3H3,(H,26,32)(H,28,31). The van der Waals surface area contributed by atoms with Crippen molar-refractivity contribution in [2.24, 2.45) is 0 Å². The maximum Gasteiger partial charge on any atom is 0.282 e. The van der Waals surface area contributed by atoms with Crippen molar-refractivity contribution in [3.05, 3.63) is 63.6 Å². The Morgan fingerprint density at radius 3 is 2.73 bits per heavy atom. The summed E-state index contributed by atoms with van der Waals surface area (Å²) in [6, 6.07) is 5.86. The highest BCUT2D eigenvalue weighted by atomic mass is 35.5. The number of halogens is 3. The molecule has 1 aliphatic rings. The molecule has 2 amide bonds. The molecule has 8 nitrogen and oxygen atoms in total. The van der Waals surface area contributed by atoms with Crippen LogP contribution in [0.2, 0.25) is 5.02 Å². The van der Waals surface area contributed by atoms with Crippen LogP contribution in [-0.4, -0.2) is 39.7 Å². The lowest BCUT2D eigenvalue weighted by molar-refractivity contribution is 0.0959. The molecule has 0 radical (unpaired) electrons. The monoisotopic (exact) mass is 475 g/mol. The molecule has 172 valence electrons. The molecule has 1 aliphatic heterocycles. The second kappa shape index (κ2) is 8.78. The second-order valence-electron chi connectivity index (χ2n) is 7.57. The van der Waals surface area contributed by atoms with E-state index in [9.17, 15) is 18.4 Å². The van der Waals surface area contributed by atoms with E-state index in [-0.39, 0.29) is 33.9 Å². The number of fused-ring (bicyclic) bond motifs is 1. The molecule has 0 aliphatic carbocycles. The van der Waals surface area contributed by atoms with Crippen molar-refractivity contribution in [2.45, 2.75) is 32.8 Å². The quantitative estimate of drug-likeness (QED) is 0.579. The summed E-state index contributed by atoms with van der Waals surface area (Å²) in [4.78, 5) is 30.0. The van der Waals surface area contributed by atoms with E-state index in [1.165, 1.54) is 19.3 Å². The Kier molecular flexibility index (Phi) is 6.03. The Balaban J connectivity index is 1.81. The summed E-state index contributed by atoms with van der Waals surface area (Å²) in [6.45, 7) is 3.62. The fourth-order valence-electron chi connectivity index (χ4n) is 3.75. The number of hydrogen-bond acceptors (Lipinski definition) is 5. The number of amides is 2. The van der Waals surface area contributed by atoms with Crippen molar-refractivity contribution < 1.29 is 23.1 Å². The number of aromatic nitrogens is 3. The van der Waals surface area contributed by atoms with Crippen LogP contribution < -0.4 is 15.4 Å². The number of alkyl halides is 2. The van der Waals surface area contributed by atoms with Gasteiger partial charge in [-0.2, -0.15) is 5.10 Å². The van der Waals surface area contributed by atoms with E-state index in [1.807, 2.05) is 13.0 Å². The van der Waals surface area contributed by atoms with Gasteiger partial charge in [0.25, 0.3) is 18.2 Å². The average Bonchev–Trinajstić information content (AvgIpc) is 3.37. The first kappa shape index (κ1) is 22.7. The van der Waals surface area contributed by atoms with Crippen LogP contribution in [-0.2, 0) is 6.42 Å². The molecule has 0 spiro atoms. The fraction of sp³-hybridized carbons (Fsp3) is 0.273. The van der Waals surface area contributed by atoms with Crippen LogP contribution >= 0.6 is 11.6 Å². The first-order chi connectivity index (χ1) is 15.7. The molecule has 1 aromatic carbocycles. The summed E-state index contributed by atoms with van der Waals surface area (Å²) in [7, 11) is 1.47. The van der Waals surface area contributed by atoms with Crippen LogP contribution in [0, 0.1) is 6.92 Å². The van der Waals surface area contributed by atoms with E-state index in [2.05, 4.69) is 20.7 Å². The van der Waals surface area contributed by atoms with Gasteiger partial charge in [-0.05, 0) is 43.2 Å². The number of ether oxygens (including phenoxy) is 1. The van der Waals surface area contributed by atoms with Gasteiger partial charge in [0.15, 0.2) is 5.82 Å². The lowest BCUT2D eigenvalue weighted by Crippen LogP contribution is -2.24. The molecule has 1 atom stereocenters. The highest BCUT2D eigenvalue weighted by Crippen LogP contribution is 2.39. The SMILES string of the molecule is CNC(=O)c1c(NC(=O)c2cc(C(F)F)nn2-c2ncccc2Cl)c(C)cc2c1OC(C)C2. The Hall–Kier alpha value is -3.53. The van der Waals surface area contributed by atoms with Crippen molar-refractivity contribution in [3.8, 4) is 11.6 Å². The lowest BCUT2D eigenvalue weighted by atomic mass is 9.99. The van der Waals surface area contributed by atoms with Crippen LogP contribution in [0.4, 0.5) is 14.5 Å². The Morgan fingerprint density at radius 1 is 1.30 bits per heavy atom. The van der Waals surface area contributed by atoms with E-state index < -0.39 is 23.9 Å². The van der Waals surface area contributed by atoms with Crippen molar-refractivity contribution in [2.75, 3.05) is 12.4 Å². The Bertz CT molecular complexity index is 1260. The van der Waals surface area contributed by atoms with Crippen LogP contribution in [0.3, 0.4) is 0 Å². The number of benzene rings is 1. The van der Waals surface area contributed by atoms with Crippen molar-refractivity contribution in [1.29, 1.82) is 0 Å². The summed E-state index contributed by atoms with van der Waals surface area (Å²) in [5.74, 6) is -0.813. The number of carbonyl (C=O) groups excluding carboxylic acids is 2. The first-order valence-electron chi connectivity index (χ1n) is 10.1. The summed E-state index contributed by atoms with van der Waals surface area (Å²) in [5.41, 5.74) is 1.02. The van der Waals surface area contributed by atoms with Gasteiger partial charge in [-0.1, -0.05) is 17.7 Å². The van der Waals surface area contributed by atoms with Crippen LogP contribution in [0.15, 0.2) is 30.5 Å². The summed E-state index contributed by atoms with van der Waals surface area (Å²) >= 11 is 6.16. The molecule has 4 rings (SSSR count). The van der Waals surface area contributed by atoms with E-state index in [0.717, 1.165) is 16.3 Å². The minimum atomic E-state index is -2.92. The zero-order valence-corrected chi connectivity index (χ0v) is 18.7. The number of aryl methyl sites for hydroxylation is 1. The zero-order valence-electron chi connectivity index (χ0n) is 17.9. The average molecular weight is 476 g/mol. The molecular weight excluding hydrogens is 456 g/mol. The van der Waals surface area contributed by atoms with Crippen LogP contribution in [0.25, 0.3) is 5.82 Å². The number of rotatable bonds is 5. The molecule has 1 unspecified atom stereocenters. The molecule has 0 bridgehead atoms. The number of nitrogens with one attached hydrogen (secondary N) is 2. The third kappa shape index (κ3) is 4.13. The maximum atomic E-state index is 13.4. The van der Waals surface area contributed by atoms with Gasteiger partial charge in [0.1, 0.15) is 28.8 Å². The van der Waals surface area contributed by atoms with Gasteiger partial charge >= 0.3 is 0 Å². The molecular formula is C22H20ClF2N5O3. The van der Waals surface area contributed by atoms with Gasteiger partial charge in [-0.3, -0.25) is 9.59 Å². The minimum absolute atomic E-state index is 0.0191. The highest BCUT2D eigenvalue weighted by molar-refractivity contribution is 6.32. The van der Waals surface area contributed by atoms with E-state index in [1.54, 1.807) is 13.0 Å². The molecule has 0 saturated carbocycles. The number of nitrogens with zero attached hydrogens (tertiary/aromatic N) is 3. The number of hydrogen-bond donors (Lipinski definition) is 2. The normalized spacial score (nSPS) is 14.7. The predicted octanol–water partition coefficient (Wildman–Crippen LogP) is 4.10. The molecule has 11 heteroatoms. The number of pyridine rings is 1. The maximum absolute atomic E-state index is 13.4. The van der Waals surface area contributed by atoms with Gasteiger partial charge in [0, 0.05) is 19.7 Å². The number of anilines is 1. The highest BCUT2D eigenvalue weighted by Gasteiger charge is 2.31. The largest absolute Gasteiger partial charge is 0.489 e. The van der Waals surface area contributed by atoms with Gasteiger partial charge in [0.2, 0.25) is 0 Å². The molecule has 33 heavy (non-hydrogen) atoms. The third-order valence-electron chi connectivity index (χ3n) is 5.20. The van der Waals surface area contributed by atoms with E-state index >= 15 is 0 Å². The number of carbonyl (C=O) groups is 2.